The Balaban J connectivity index is 2.31. The van der Waals surface area contributed by atoms with E-state index in [-0.39, 0.29) is 16.1 Å². The number of aryl methyl sites for hydroxylation is 1. The van der Waals surface area contributed by atoms with Crippen molar-refractivity contribution in [3.8, 4) is 5.69 Å². The van der Waals surface area contributed by atoms with E-state index in [2.05, 4.69) is 4.98 Å². The number of benzene rings is 1. The van der Waals surface area contributed by atoms with Crippen LogP contribution in [0.1, 0.15) is 16.1 Å². The molecule has 0 bridgehead atoms. The Morgan fingerprint density at radius 3 is 2.71 bits per heavy atom. The highest BCUT2D eigenvalue weighted by molar-refractivity contribution is 6.43. The summed E-state index contributed by atoms with van der Waals surface area (Å²) in [4.78, 5) is 29.0. The topological polar surface area (TPSA) is 61.2 Å². The molecule has 0 saturated heterocycles. The molecule has 0 unspecified atom stereocenters. The number of nitrogens with zero attached hydrogens (tertiary/aromatic N) is 2. The van der Waals surface area contributed by atoms with Gasteiger partial charge in [-0.05, 0) is 31.2 Å². The summed E-state index contributed by atoms with van der Waals surface area (Å²) in [6.45, 7) is 1.69. The molecule has 122 valence electrons. The van der Waals surface area contributed by atoms with Gasteiger partial charge in [-0.3, -0.25) is 14.3 Å². The maximum atomic E-state index is 12.8. The number of carbonyl (C=O) groups excluding carboxylic acids is 1. The maximum Gasteiger partial charge on any atom is 0.339 e. The van der Waals surface area contributed by atoms with Crippen LogP contribution in [0.25, 0.3) is 16.6 Å². The van der Waals surface area contributed by atoms with Crippen LogP contribution >= 0.6 is 23.2 Å². The average Bonchev–Trinajstić information content (AvgIpc) is 2.57. The summed E-state index contributed by atoms with van der Waals surface area (Å²) in [6, 6.07) is 8.19. The lowest BCUT2D eigenvalue weighted by atomic mass is 10.1. The van der Waals surface area contributed by atoms with Crippen LogP contribution in [0.15, 0.2) is 41.3 Å². The monoisotopic (exact) mass is 362 g/mol. The van der Waals surface area contributed by atoms with Gasteiger partial charge in [-0.15, -0.1) is 0 Å². The Bertz CT molecular complexity index is 1030. The quantitative estimate of drug-likeness (QED) is 0.650. The molecule has 3 aromatic rings. The van der Waals surface area contributed by atoms with E-state index in [1.807, 2.05) is 0 Å². The molecule has 0 fully saturated rings. The fraction of sp³-hybridized carbons (Fsp3) is 0.118. The Hall–Kier alpha value is -2.37. The summed E-state index contributed by atoms with van der Waals surface area (Å²) < 4.78 is 6.10. The van der Waals surface area contributed by atoms with Gasteiger partial charge in [0.1, 0.15) is 0 Å². The van der Waals surface area contributed by atoms with Gasteiger partial charge in [0.25, 0.3) is 5.56 Å². The standard InChI is InChI=1S/C17H12Cl2N2O3/c1-9-10(17(23)24-2)8-11-13(20-9)6-7-21(16(11)22)14-5-3-4-12(18)15(14)19/h3-8H,1-2H3. The van der Waals surface area contributed by atoms with Crippen molar-refractivity contribution in [2.45, 2.75) is 6.92 Å². The first-order valence-corrected chi connectivity index (χ1v) is 7.75. The lowest BCUT2D eigenvalue weighted by molar-refractivity contribution is 0.0599. The van der Waals surface area contributed by atoms with Crippen LogP contribution in [0.3, 0.4) is 0 Å². The molecule has 1 aromatic carbocycles. The zero-order valence-electron chi connectivity index (χ0n) is 12.8. The van der Waals surface area contributed by atoms with Crippen LogP contribution < -0.4 is 5.56 Å². The fourth-order valence-corrected chi connectivity index (χ4v) is 2.84. The number of aromatic nitrogens is 2. The number of hydrogen-bond acceptors (Lipinski definition) is 4. The first-order valence-electron chi connectivity index (χ1n) is 6.99. The molecule has 0 aliphatic heterocycles. The summed E-state index contributed by atoms with van der Waals surface area (Å²) in [7, 11) is 1.28. The molecule has 0 N–H and O–H groups in total. The number of rotatable bonds is 2. The lowest BCUT2D eigenvalue weighted by Gasteiger charge is -2.11. The van der Waals surface area contributed by atoms with Crippen molar-refractivity contribution in [2.24, 2.45) is 0 Å². The third-order valence-corrected chi connectivity index (χ3v) is 4.48. The van der Waals surface area contributed by atoms with Gasteiger partial charge in [0.2, 0.25) is 0 Å². The predicted octanol–water partition coefficient (Wildman–Crippen LogP) is 3.79. The highest BCUT2D eigenvalue weighted by Gasteiger charge is 2.15. The Morgan fingerprint density at radius 2 is 2.00 bits per heavy atom. The van der Waals surface area contributed by atoms with Crippen molar-refractivity contribution in [3.05, 3.63) is 68.2 Å². The minimum atomic E-state index is -0.544. The van der Waals surface area contributed by atoms with Crippen molar-refractivity contribution >= 4 is 40.1 Å². The molecule has 24 heavy (non-hydrogen) atoms. The molecular formula is C17H12Cl2N2O3. The Morgan fingerprint density at radius 1 is 1.25 bits per heavy atom. The molecule has 3 rings (SSSR count). The molecule has 0 saturated carbocycles. The van der Waals surface area contributed by atoms with Crippen molar-refractivity contribution in [1.82, 2.24) is 9.55 Å². The van der Waals surface area contributed by atoms with E-state index in [4.69, 9.17) is 27.9 Å². The number of hydrogen-bond donors (Lipinski definition) is 0. The minimum Gasteiger partial charge on any atom is -0.465 e. The van der Waals surface area contributed by atoms with E-state index >= 15 is 0 Å². The van der Waals surface area contributed by atoms with E-state index < -0.39 is 5.97 Å². The highest BCUT2D eigenvalue weighted by Crippen LogP contribution is 2.28. The molecule has 7 heteroatoms. The van der Waals surface area contributed by atoms with Crippen molar-refractivity contribution in [2.75, 3.05) is 7.11 Å². The van der Waals surface area contributed by atoms with E-state index in [1.54, 1.807) is 37.4 Å². The number of fused-ring (bicyclic) bond motifs is 1. The second-order valence-electron chi connectivity index (χ2n) is 5.11. The zero-order chi connectivity index (χ0) is 17.4. The molecule has 0 aliphatic carbocycles. The Kier molecular flexibility index (Phi) is 4.30. The zero-order valence-corrected chi connectivity index (χ0v) is 14.4. The van der Waals surface area contributed by atoms with Crippen LogP contribution in [0.4, 0.5) is 0 Å². The number of ether oxygens (including phenoxy) is 1. The van der Waals surface area contributed by atoms with E-state index in [1.165, 1.54) is 17.7 Å². The van der Waals surface area contributed by atoms with Gasteiger partial charge in [0.15, 0.2) is 0 Å². The van der Waals surface area contributed by atoms with Crippen LogP contribution in [-0.4, -0.2) is 22.6 Å². The van der Waals surface area contributed by atoms with Gasteiger partial charge in [0, 0.05) is 6.20 Å². The maximum absolute atomic E-state index is 12.8. The first kappa shape index (κ1) is 16.5. The van der Waals surface area contributed by atoms with Crippen LogP contribution in [0, 0.1) is 6.92 Å². The SMILES string of the molecule is COC(=O)c1cc2c(=O)n(-c3cccc(Cl)c3Cl)ccc2nc1C. The first-order chi connectivity index (χ1) is 11.4. The molecule has 2 heterocycles. The van der Waals surface area contributed by atoms with Crippen LogP contribution in [0.2, 0.25) is 10.0 Å². The molecule has 0 amide bonds. The van der Waals surface area contributed by atoms with Gasteiger partial charge >= 0.3 is 5.97 Å². The van der Waals surface area contributed by atoms with Crippen molar-refractivity contribution < 1.29 is 9.53 Å². The Labute approximate surface area is 147 Å². The highest BCUT2D eigenvalue weighted by atomic mass is 35.5. The molecule has 5 nitrogen and oxygen atoms in total. The predicted molar refractivity (Wildman–Crippen MR) is 93.4 cm³/mol. The second-order valence-corrected chi connectivity index (χ2v) is 5.89. The van der Waals surface area contributed by atoms with Crippen molar-refractivity contribution in [1.29, 1.82) is 0 Å². The summed E-state index contributed by atoms with van der Waals surface area (Å²) in [5, 5.41) is 0.909. The largest absolute Gasteiger partial charge is 0.465 e. The number of esters is 1. The van der Waals surface area contributed by atoms with Gasteiger partial charge in [0.05, 0.1) is 45.0 Å². The number of halogens is 2. The number of pyridine rings is 2. The summed E-state index contributed by atoms with van der Waals surface area (Å²) >= 11 is 12.2. The number of methoxy groups -OCH3 is 1. The molecule has 0 radical (unpaired) electrons. The van der Waals surface area contributed by atoms with Crippen LogP contribution in [-0.2, 0) is 4.74 Å². The van der Waals surface area contributed by atoms with Gasteiger partial charge in [-0.2, -0.15) is 0 Å². The normalized spacial score (nSPS) is 10.8. The summed E-state index contributed by atoms with van der Waals surface area (Å²) in [5.41, 5.74) is 1.33. The fourth-order valence-electron chi connectivity index (χ4n) is 2.45. The summed E-state index contributed by atoms with van der Waals surface area (Å²) in [5.74, 6) is -0.544. The average molecular weight is 363 g/mol. The molecule has 0 atom stereocenters. The third-order valence-electron chi connectivity index (χ3n) is 3.67. The van der Waals surface area contributed by atoms with Crippen LogP contribution in [0.5, 0.6) is 0 Å². The summed E-state index contributed by atoms with van der Waals surface area (Å²) in [6.07, 6.45) is 1.58. The van der Waals surface area contributed by atoms with Gasteiger partial charge < -0.3 is 4.74 Å². The molecular weight excluding hydrogens is 351 g/mol. The smallest absolute Gasteiger partial charge is 0.339 e. The van der Waals surface area contributed by atoms with Gasteiger partial charge in [-0.25, -0.2) is 4.79 Å². The van der Waals surface area contributed by atoms with E-state index in [9.17, 15) is 9.59 Å². The van der Waals surface area contributed by atoms with E-state index in [0.29, 0.717) is 27.3 Å². The second kappa shape index (κ2) is 6.26. The minimum absolute atomic E-state index is 0.247. The lowest BCUT2D eigenvalue weighted by Crippen LogP contribution is -2.19. The number of carbonyl (C=O) groups is 1. The van der Waals surface area contributed by atoms with Gasteiger partial charge in [-0.1, -0.05) is 29.3 Å². The molecule has 0 spiro atoms. The third kappa shape index (κ3) is 2.66. The molecule has 2 aromatic heterocycles. The van der Waals surface area contributed by atoms with E-state index in [0.717, 1.165) is 0 Å². The molecule has 0 aliphatic rings. The van der Waals surface area contributed by atoms with Crippen molar-refractivity contribution in [3.63, 3.8) is 0 Å².